The van der Waals surface area contributed by atoms with E-state index in [-0.39, 0.29) is 22.6 Å². The Balaban J connectivity index is 2.02. The van der Waals surface area contributed by atoms with E-state index >= 15 is 0 Å². The second kappa shape index (κ2) is 6.92. The Labute approximate surface area is 130 Å². The van der Waals surface area contributed by atoms with Crippen LogP contribution >= 0.6 is 23.4 Å². The van der Waals surface area contributed by atoms with Crippen molar-refractivity contribution < 1.29 is 18.0 Å². The number of nitrogens with zero attached hydrogens (tertiary/aromatic N) is 1. The number of hydrogen-bond donors (Lipinski definition) is 0. The Morgan fingerprint density at radius 3 is 2.24 bits per heavy atom. The Morgan fingerprint density at radius 2 is 1.71 bits per heavy atom. The molecule has 7 heteroatoms. The standard InChI is InChI=1S/C14H15ClF3NOS/c15-12(13(20)19-8-2-1-3-9-19)10-4-6-11(7-5-10)21-14(16,17)18/h4-7,12H,1-3,8-9H2. The maximum absolute atomic E-state index is 12.2. The van der Waals surface area contributed by atoms with Gasteiger partial charge < -0.3 is 4.90 Å². The molecule has 0 aromatic heterocycles. The summed E-state index contributed by atoms with van der Waals surface area (Å²) in [6, 6.07) is 5.64. The monoisotopic (exact) mass is 337 g/mol. The molecule has 1 aliphatic heterocycles. The number of rotatable bonds is 3. The topological polar surface area (TPSA) is 20.3 Å². The first-order valence-corrected chi connectivity index (χ1v) is 7.91. The highest BCUT2D eigenvalue weighted by atomic mass is 35.5. The van der Waals surface area contributed by atoms with Crippen molar-refractivity contribution in [2.24, 2.45) is 0 Å². The van der Waals surface area contributed by atoms with Crippen molar-refractivity contribution in [3.8, 4) is 0 Å². The Kier molecular flexibility index (Phi) is 5.43. The van der Waals surface area contributed by atoms with Gasteiger partial charge in [0.1, 0.15) is 5.38 Å². The maximum Gasteiger partial charge on any atom is 0.446 e. The van der Waals surface area contributed by atoms with Gasteiger partial charge in [-0.3, -0.25) is 4.79 Å². The molecule has 1 amide bonds. The van der Waals surface area contributed by atoms with Crippen molar-refractivity contribution in [2.45, 2.75) is 35.0 Å². The molecule has 0 bridgehead atoms. The summed E-state index contributed by atoms with van der Waals surface area (Å²) in [4.78, 5) is 14.0. The lowest BCUT2D eigenvalue weighted by Crippen LogP contribution is -2.37. The van der Waals surface area contributed by atoms with Crippen LogP contribution in [0.5, 0.6) is 0 Å². The molecule has 1 heterocycles. The van der Waals surface area contributed by atoms with E-state index in [4.69, 9.17) is 11.6 Å². The third kappa shape index (κ3) is 4.81. The summed E-state index contributed by atoms with van der Waals surface area (Å²) in [5, 5.41) is -0.840. The van der Waals surface area contributed by atoms with Crippen molar-refractivity contribution in [2.75, 3.05) is 13.1 Å². The van der Waals surface area contributed by atoms with Crippen molar-refractivity contribution in [1.29, 1.82) is 0 Å². The molecule has 0 N–H and O–H groups in total. The number of alkyl halides is 4. The second-order valence-electron chi connectivity index (χ2n) is 4.87. The molecule has 1 fully saturated rings. The SMILES string of the molecule is O=C(C(Cl)c1ccc(SC(F)(F)F)cc1)N1CCCCC1. The van der Waals surface area contributed by atoms with E-state index in [0.717, 1.165) is 19.3 Å². The maximum atomic E-state index is 12.2. The number of piperidine rings is 1. The van der Waals surface area contributed by atoms with Crippen LogP contribution in [-0.4, -0.2) is 29.4 Å². The minimum atomic E-state index is -4.31. The Morgan fingerprint density at radius 1 is 1.14 bits per heavy atom. The lowest BCUT2D eigenvalue weighted by atomic mass is 10.1. The number of thioether (sulfide) groups is 1. The van der Waals surface area contributed by atoms with E-state index in [9.17, 15) is 18.0 Å². The van der Waals surface area contributed by atoms with Crippen LogP contribution in [0.3, 0.4) is 0 Å². The summed E-state index contributed by atoms with van der Waals surface area (Å²) in [7, 11) is 0. The number of carbonyl (C=O) groups excluding carboxylic acids is 1. The molecule has 1 aromatic carbocycles. The Bertz CT molecular complexity index is 486. The fourth-order valence-electron chi connectivity index (χ4n) is 2.26. The molecule has 1 unspecified atom stereocenters. The van der Waals surface area contributed by atoms with Crippen molar-refractivity contribution in [3.05, 3.63) is 29.8 Å². The molecule has 0 saturated carbocycles. The summed E-state index contributed by atoms with van der Waals surface area (Å²) >= 11 is 5.97. The first-order valence-electron chi connectivity index (χ1n) is 6.65. The molecule has 21 heavy (non-hydrogen) atoms. The van der Waals surface area contributed by atoms with Crippen LogP contribution in [0.1, 0.15) is 30.2 Å². The van der Waals surface area contributed by atoms with Gasteiger partial charge in [0.25, 0.3) is 0 Å². The zero-order chi connectivity index (χ0) is 15.5. The number of carbonyl (C=O) groups is 1. The third-order valence-corrected chi connectivity index (χ3v) is 4.47. The van der Waals surface area contributed by atoms with E-state index in [2.05, 4.69) is 0 Å². The second-order valence-corrected chi connectivity index (χ2v) is 6.44. The fraction of sp³-hybridized carbons (Fsp3) is 0.500. The van der Waals surface area contributed by atoms with Gasteiger partial charge in [-0.15, -0.1) is 11.6 Å². The van der Waals surface area contributed by atoms with Gasteiger partial charge in [0.2, 0.25) is 5.91 Å². The molecule has 0 radical (unpaired) electrons. The van der Waals surface area contributed by atoms with Crippen LogP contribution in [-0.2, 0) is 4.79 Å². The van der Waals surface area contributed by atoms with E-state index in [1.165, 1.54) is 24.3 Å². The van der Waals surface area contributed by atoms with Gasteiger partial charge in [0.05, 0.1) is 0 Å². The van der Waals surface area contributed by atoms with Crippen LogP contribution < -0.4 is 0 Å². The fourth-order valence-corrected chi connectivity index (χ4v) is 3.08. The molecular weight excluding hydrogens is 323 g/mol. The first kappa shape index (κ1) is 16.5. The van der Waals surface area contributed by atoms with Gasteiger partial charge in [0.15, 0.2) is 0 Å². The summed E-state index contributed by atoms with van der Waals surface area (Å²) in [6.07, 6.45) is 3.05. The zero-order valence-corrected chi connectivity index (χ0v) is 12.8. The molecule has 2 rings (SSSR count). The van der Waals surface area contributed by atoms with Crippen LogP contribution in [0.2, 0.25) is 0 Å². The van der Waals surface area contributed by atoms with Gasteiger partial charge in [-0.05, 0) is 48.7 Å². The van der Waals surface area contributed by atoms with Crippen molar-refractivity contribution >= 4 is 29.3 Å². The minimum Gasteiger partial charge on any atom is -0.341 e. The van der Waals surface area contributed by atoms with Gasteiger partial charge >= 0.3 is 5.51 Å². The predicted molar refractivity (Wildman–Crippen MR) is 77.4 cm³/mol. The minimum absolute atomic E-state index is 0.0838. The molecule has 0 aliphatic carbocycles. The summed E-state index contributed by atoms with van der Waals surface area (Å²) in [5.74, 6) is -0.174. The first-order chi connectivity index (χ1) is 9.87. The number of halogens is 4. The summed E-state index contributed by atoms with van der Waals surface area (Å²) in [5.41, 5.74) is -3.79. The lowest BCUT2D eigenvalue weighted by Gasteiger charge is -2.28. The third-order valence-electron chi connectivity index (χ3n) is 3.29. The molecule has 116 valence electrons. The highest BCUT2D eigenvalue weighted by Gasteiger charge is 2.29. The largest absolute Gasteiger partial charge is 0.446 e. The zero-order valence-electron chi connectivity index (χ0n) is 11.2. The van der Waals surface area contributed by atoms with Crippen LogP contribution in [0, 0.1) is 0 Å². The Hall–Kier alpha value is -0.880. The van der Waals surface area contributed by atoms with E-state index < -0.39 is 10.9 Å². The van der Waals surface area contributed by atoms with Crippen molar-refractivity contribution in [1.82, 2.24) is 4.90 Å². The van der Waals surface area contributed by atoms with Gasteiger partial charge in [-0.25, -0.2) is 0 Å². The molecular formula is C14H15ClF3NOS. The van der Waals surface area contributed by atoms with Gasteiger partial charge in [-0.2, -0.15) is 13.2 Å². The molecule has 1 aliphatic rings. The molecule has 0 spiro atoms. The highest BCUT2D eigenvalue weighted by molar-refractivity contribution is 8.00. The molecule has 1 saturated heterocycles. The lowest BCUT2D eigenvalue weighted by molar-refractivity contribution is -0.131. The van der Waals surface area contributed by atoms with Crippen LogP contribution in [0.15, 0.2) is 29.2 Å². The van der Waals surface area contributed by atoms with Gasteiger partial charge in [0, 0.05) is 18.0 Å². The average Bonchev–Trinajstić information content (AvgIpc) is 2.46. The average molecular weight is 338 g/mol. The van der Waals surface area contributed by atoms with Crippen LogP contribution in [0.25, 0.3) is 0 Å². The van der Waals surface area contributed by atoms with E-state index in [0.29, 0.717) is 18.7 Å². The quantitative estimate of drug-likeness (QED) is 0.594. The smallest absolute Gasteiger partial charge is 0.341 e. The molecule has 2 nitrogen and oxygen atoms in total. The van der Waals surface area contributed by atoms with Crippen LogP contribution in [0.4, 0.5) is 13.2 Å². The van der Waals surface area contributed by atoms with E-state index in [1.54, 1.807) is 4.90 Å². The summed E-state index contributed by atoms with van der Waals surface area (Å²) in [6.45, 7) is 1.40. The normalized spacial score (nSPS) is 17.6. The van der Waals surface area contributed by atoms with E-state index in [1.807, 2.05) is 0 Å². The van der Waals surface area contributed by atoms with Crippen molar-refractivity contribution in [3.63, 3.8) is 0 Å². The number of amides is 1. The number of benzene rings is 1. The highest BCUT2D eigenvalue weighted by Crippen LogP contribution is 2.37. The van der Waals surface area contributed by atoms with Gasteiger partial charge in [-0.1, -0.05) is 12.1 Å². The molecule has 1 atom stereocenters. The predicted octanol–water partition coefficient (Wildman–Crippen LogP) is 4.59. The molecule has 1 aromatic rings. The summed E-state index contributed by atoms with van der Waals surface area (Å²) < 4.78 is 36.7. The number of likely N-dealkylation sites (tertiary alicyclic amines) is 1. The number of hydrogen-bond acceptors (Lipinski definition) is 2.